The van der Waals surface area contributed by atoms with Gasteiger partial charge in [-0.3, -0.25) is 9.59 Å². The van der Waals surface area contributed by atoms with Crippen molar-refractivity contribution in [3.63, 3.8) is 0 Å². The zero-order chi connectivity index (χ0) is 16.6. The predicted molar refractivity (Wildman–Crippen MR) is 88.4 cm³/mol. The molecule has 0 unspecified atom stereocenters. The smallest absolute Gasteiger partial charge is 0.308 e. The molecule has 0 spiro atoms. The molecule has 5 heteroatoms. The molecule has 1 saturated heterocycles. The zero-order valence-corrected chi connectivity index (χ0v) is 13.8. The summed E-state index contributed by atoms with van der Waals surface area (Å²) >= 11 is 0. The van der Waals surface area contributed by atoms with Gasteiger partial charge in [0.15, 0.2) is 0 Å². The summed E-state index contributed by atoms with van der Waals surface area (Å²) in [6.45, 7) is 5.28. The Kier molecular flexibility index (Phi) is 4.11. The Morgan fingerprint density at radius 3 is 2.52 bits per heavy atom. The number of amides is 1. The van der Waals surface area contributed by atoms with Gasteiger partial charge in [-0.1, -0.05) is 6.07 Å². The fourth-order valence-corrected chi connectivity index (χ4v) is 3.37. The number of carbonyl (C=O) groups excluding carboxylic acids is 2. The molecule has 2 heterocycles. The molecular formula is C18H22N2O3. The highest BCUT2D eigenvalue weighted by molar-refractivity contribution is 5.99. The number of aromatic nitrogens is 1. The molecule has 23 heavy (non-hydrogen) atoms. The molecule has 0 radical (unpaired) electrons. The van der Waals surface area contributed by atoms with E-state index in [2.05, 4.69) is 24.0 Å². The summed E-state index contributed by atoms with van der Waals surface area (Å²) in [5.41, 5.74) is 3.95. The average molecular weight is 314 g/mol. The Balaban J connectivity index is 1.77. The minimum absolute atomic E-state index is 0.00145. The van der Waals surface area contributed by atoms with Crippen LogP contribution < -0.4 is 0 Å². The van der Waals surface area contributed by atoms with Crippen molar-refractivity contribution in [2.45, 2.75) is 26.7 Å². The van der Waals surface area contributed by atoms with Crippen molar-refractivity contribution < 1.29 is 14.3 Å². The van der Waals surface area contributed by atoms with Gasteiger partial charge in [0.05, 0.1) is 13.0 Å². The van der Waals surface area contributed by atoms with Crippen molar-refractivity contribution >= 4 is 22.8 Å². The van der Waals surface area contributed by atoms with Gasteiger partial charge < -0.3 is 14.6 Å². The number of rotatable bonds is 2. The number of nitrogens with zero attached hydrogens (tertiary/aromatic N) is 1. The van der Waals surface area contributed by atoms with Gasteiger partial charge >= 0.3 is 5.97 Å². The van der Waals surface area contributed by atoms with E-state index < -0.39 is 0 Å². The van der Waals surface area contributed by atoms with Gasteiger partial charge in [-0.2, -0.15) is 0 Å². The zero-order valence-electron chi connectivity index (χ0n) is 13.8. The Morgan fingerprint density at radius 2 is 1.87 bits per heavy atom. The van der Waals surface area contributed by atoms with Crippen LogP contribution in [0.2, 0.25) is 0 Å². The van der Waals surface area contributed by atoms with Crippen molar-refractivity contribution in [2.24, 2.45) is 5.92 Å². The first kappa shape index (κ1) is 15.6. The van der Waals surface area contributed by atoms with Gasteiger partial charge in [-0.25, -0.2) is 0 Å². The molecular weight excluding hydrogens is 292 g/mol. The number of carbonyl (C=O) groups is 2. The van der Waals surface area contributed by atoms with E-state index in [4.69, 9.17) is 4.74 Å². The number of hydrogen-bond acceptors (Lipinski definition) is 3. The minimum atomic E-state index is -0.172. The molecule has 122 valence electrons. The summed E-state index contributed by atoms with van der Waals surface area (Å²) in [6.07, 6.45) is 1.33. The molecule has 0 saturated carbocycles. The Hall–Kier alpha value is -2.30. The fraction of sp³-hybridized carbons (Fsp3) is 0.444. The van der Waals surface area contributed by atoms with Gasteiger partial charge in [0.1, 0.15) is 5.69 Å². The van der Waals surface area contributed by atoms with Gasteiger partial charge in [-0.05, 0) is 49.9 Å². The first-order valence-corrected chi connectivity index (χ1v) is 7.96. The SMILES string of the molecule is COC(=O)C1CCN(C(=O)c2cc3c(C)cc(C)cc3[nH]2)CC1. The Morgan fingerprint density at radius 1 is 1.17 bits per heavy atom. The van der Waals surface area contributed by atoms with Crippen LogP contribution in [-0.4, -0.2) is 42.0 Å². The molecule has 0 bridgehead atoms. The van der Waals surface area contributed by atoms with Crippen LogP contribution >= 0.6 is 0 Å². The van der Waals surface area contributed by atoms with E-state index in [0.717, 1.165) is 10.9 Å². The molecule has 1 aromatic heterocycles. The highest BCUT2D eigenvalue weighted by Crippen LogP contribution is 2.24. The van der Waals surface area contributed by atoms with Gasteiger partial charge in [0.2, 0.25) is 0 Å². The number of ether oxygens (including phenoxy) is 1. The quantitative estimate of drug-likeness (QED) is 0.867. The van der Waals surface area contributed by atoms with E-state index in [0.29, 0.717) is 31.6 Å². The van der Waals surface area contributed by atoms with E-state index >= 15 is 0 Å². The third-order valence-corrected chi connectivity index (χ3v) is 4.64. The number of aryl methyl sites for hydroxylation is 2. The highest BCUT2D eigenvalue weighted by Gasteiger charge is 2.28. The maximum Gasteiger partial charge on any atom is 0.308 e. The van der Waals surface area contributed by atoms with Crippen LogP contribution in [0.4, 0.5) is 0 Å². The van der Waals surface area contributed by atoms with Crippen LogP contribution in [0.3, 0.4) is 0 Å². The highest BCUT2D eigenvalue weighted by atomic mass is 16.5. The van der Waals surface area contributed by atoms with E-state index in [9.17, 15) is 9.59 Å². The standard InChI is InChI=1S/C18H22N2O3/c1-11-8-12(2)14-10-16(19-15(14)9-11)17(21)20-6-4-13(5-7-20)18(22)23-3/h8-10,13,19H,4-7H2,1-3H3. The maximum atomic E-state index is 12.7. The largest absolute Gasteiger partial charge is 0.469 e. The minimum Gasteiger partial charge on any atom is -0.469 e. The topological polar surface area (TPSA) is 62.4 Å². The molecule has 3 rings (SSSR count). The lowest BCUT2D eigenvalue weighted by Crippen LogP contribution is -2.40. The second-order valence-corrected chi connectivity index (χ2v) is 6.32. The van der Waals surface area contributed by atoms with Gasteiger partial charge in [0, 0.05) is 24.0 Å². The number of piperidine rings is 1. The third-order valence-electron chi connectivity index (χ3n) is 4.64. The summed E-state index contributed by atoms with van der Waals surface area (Å²) in [4.78, 5) is 29.3. The number of fused-ring (bicyclic) bond motifs is 1. The summed E-state index contributed by atoms with van der Waals surface area (Å²) in [5, 5.41) is 1.09. The number of methoxy groups -OCH3 is 1. The lowest BCUT2D eigenvalue weighted by atomic mass is 9.97. The molecule has 5 nitrogen and oxygen atoms in total. The van der Waals surface area contributed by atoms with Crippen LogP contribution in [0.5, 0.6) is 0 Å². The average Bonchev–Trinajstić information content (AvgIpc) is 2.98. The molecule has 1 N–H and O–H groups in total. The predicted octanol–water partition coefficient (Wildman–Crippen LogP) is 2.81. The van der Waals surface area contributed by atoms with Crippen molar-refractivity contribution in [1.82, 2.24) is 9.88 Å². The molecule has 2 aromatic rings. The first-order valence-electron chi connectivity index (χ1n) is 7.96. The van der Waals surface area contributed by atoms with E-state index in [1.807, 2.05) is 17.9 Å². The van der Waals surface area contributed by atoms with Crippen LogP contribution in [0.1, 0.15) is 34.5 Å². The van der Waals surface area contributed by atoms with Crippen molar-refractivity contribution in [2.75, 3.05) is 20.2 Å². The van der Waals surface area contributed by atoms with Crippen molar-refractivity contribution in [3.8, 4) is 0 Å². The number of H-pyrrole nitrogens is 1. The number of nitrogens with one attached hydrogen (secondary N) is 1. The first-order chi connectivity index (χ1) is 11.0. The molecule has 1 aromatic carbocycles. The third kappa shape index (κ3) is 2.96. The second kappa shape index (κ2) is 6.07. The summed E-state index contributed by atoms with van der Waals surface area (Å²) in [5.74, 6) is -0.257. The monoisotopic (exact) mass is 314 g/mol. The van der Waals surface area contributed by atoms with E-state index in [1.165, 1.54) is 18.2 Å². The van der Waals surface area contributed by atoms with Crippen molar-refractivity contribution in [3.05, 3.63) is 35.0 Å². The summed E-state index contributed by atoms with van der Waals surface area (Å²) in [6, 6.07) is 6.10. The van der Waals surface area contributed by atoms with E-state index in [1.54, 1.807) is 0 Å². The van der Waals surface area contributed by atoms with Crippen LogP contribution in [-0.2, 0) is 9.53 Å². The number of esters is 1. The number of aromatic amines is 1. The maximum absolute atomic E-state index is 12.7. The molecule has 1 aliphatic heterocycles. The van der Waals surface area contributed by atoms with Crippen LogP contribution in [0, 0.1) is 19.8 Å². The number of likely N-dealkylation sites (tertiary alicyclic amines) is 1. The molecule has 1 aliphatic rings. The Bertz CT molecular complexity index is 755. The second-order valence-electron chi connectivity index (χ2n) is 6.32. The summed E-state index contributed by atoms with van der Waals surface area (Å²) in [7, 11) is 1.41. The molecule has 1 amide bonds. The number of hydrogen-bond donors (Lipinski definition) is 1. The molecule has 0 aliphatic carbocycles. The normalized spacial score (nSPS) is 15.9. The number of benzene rings is 1. The van der Waals surface area contributed by atoms with Crippen LogP contribution in [0.25, 0.3) is 10.9 Å². The van der Waals surface area contributed by atoms with Crippen molar-refractivity contribution in [1.29, 1.82) is 0 Å². The summed E-state index contributed by atoms with van der Waals surface area (Å²) < 4.78 is 4.79. The molecule has 1 fully saturated rings. The lowest BCUT2D eigenvalue weighted by molar-refractivity contribution is -0.146. The fourth-order valence-electron chi connectivity index (χ4n) is 3.37. The van der Waals surface area contributed by atoms with Gasteiger partial charge in [0.25, 0.3) is 5.91 Å². The van der Waals surface area contributed by atoms with Gasteiger partial charge in [-0.15, -0.1) is 0 Å². The molecule has 0 atom stereocenters. The lowest BCUT2D eigenvalue weighted by Gasteiger charge is -2.30. The van der Waals surface area contributed by atoms with E-state index in [-0.39, 0.29) is 17.8 Å². The Labute approximate surface area is 135 Å². The van der Waals surface area contributed by atoms with Crippen LogP contribution in [0.15, 0.2) is 18.2 Å².